The quantitative estimate of drug-likeness (QED) is 0.290. The second-order valence-corrected chi connectivity index (χ2v) is 6.25. The lowest BCUT2D eigenvalue weighted by Crippen LogP contribution is -2.09. The molecule has 0 aliphatic carbocycles. The zero-order chi connectivity index (χ0) is 22.4. The summed E-state index contributed by atoms with van der Waals surface area (Å²) in [6.45, 7) is 0.850. The average molecular weight is 430 g/mol. The number of benzene rings is 2. The third-order valence-electron chi connectivity index (χ3n) is 4.41. The molecule has 2 aromatic carbocycles. The number of hydrogen-bond acceptors (Lipinski definition) is 10. The topological polar surface area (TPSA) is 131 Å². The van der Waals surface area contributed by atoms with Crippen molar-refractivity contribution in [3.05, 3.63) is 40.4 Å². The standard InChI is InChI=1S/C20H22N4O7/c1-27-8-7-21-14-6-5-12(9-15(14)24(25)26)20-22-19(23-31-20)13-10-16(28-2)18(30-4)17(11-13)29-3/h5-6,9-11,21H,7-8H2,1-4H3. The Bertz CT molecular complexity index is 1040. The van der Waals surface area contributed by atoms with Gasteiger partial charge in [-0.15, -0.1) is 0 Å². The van der Waals surface area contributed by atoms with E-state index in [4.69, 9.17) is 23.5 Å². The van der Waals surface area contributed by atoms with E-state index in [-0.39, 0.29) is 17.4 Å². The highest BCUT2D eigenvalue weighted by molar-refractivity contribution is 5.71. The Kier molecular flexibility index (Phi) is 6.88. The molecule has 0 amide bonds. The van der Waals surface area contributed by atoms with Gasteiger partial charge < -0.3 is 28.8 Å². The first kappa shape index (κ1) is 21.8. The molecule has 0 fully saturated rings. The molecule has 0 aliphatic heterocycles. The van der Waals surface area contributed by atoms with Crippen LogP contribution in [0.15, 0.2) is 34.9 Å². The van der Waals surface area contributed by atoms with Crippen molar-refractivity contribution in [2.24, 2.45) is 0 Å². The molecule has 0 atom stereocenters. The minimum absolute atomic E-state index is 0.110. The van der Waals surface area contributed by atoms with E-state index in [2.05, 4.69) is 15.5 Å². The molecule has 0 unspecified atom stereocenters. The van der Waals surface area contributed by atoms with Crippen LogP contribution >= 0.6 is 0 Å². The van der Waals surface area contributed by atoms with E-state index in [9.17, 15) is 10.1 Å². The number of ether oxygens (including phenoxy) is 4. The van der Waals surface area contributed by atoms with E-state index < -0.39 is 4.92 Å². The van der Waals surface area contributed by atoms with Crippen molar-refractivity contribution in [1.29, 1.82) is 0 Å². The summed E-state index contributed by atoms with van der Waals surface area (Å²) >= 11 is 0. The Hall–Kier alpha value is -3.86. The van der Waals surface area contributed by atoms with Gasteiger partial charge in [0.25, 0.3) is 11.6 Å². The van der Waals surface area contributed by atoms with Gasteiger partial charge in [0.15, 0.2) is 11.5 Å². The maximum Gasteiger partial charge on any atom is 0.293 e. The molecule has 0 saturated heterocycles. The lowest BCUT2D eigenvalue weighted by Gasteiger charge is -2.12. The predicted molar refractivity (Wildman–Crippen MR) is 112 cm³/mol. The van der Waals surface area contributed by atoms with E-state index in [1.165, 1.54) is 27.4 Å². The lowest BCUT2D eigenvalue weighted by molar-refractivity contribution is -0.383. The van der Waals surface area contributed by atoms with Gasteiger partial charge in [0.05, 0.1) is 32.9 Å². The highest BCUT2D eigenvalue weighted by Crippen LogP contribution is 2.41. The number of nitrogens with zero attached hydrogens (tertiary/aromatic N) is 3. The number of aromatic nitrogens is 2. The number of hydrogen-bond donors (Lipinski definition) is 1. The number of nitro groups is 1. The molecule has 0 saturated carbocycles. The maximum absolute atomic E-state index is 11.5. The fraction of sp³-hybridized carbons (Fsp3) is 0.300. The van der Waals surface area contributed by atoms with Gasteiger partial charge in [-0.05, 0) is 24.3 Å². The van der Waals surface area contributed by atoms with Crippen molar-refractivity contribution in [2.45, 2.75) is 0 Å². The smallest absolute Gasteiger partial charge is 0.293 e. The van der Waals surface area contributed by atoms with Gasteiger partial charge in [-0.25, -0.2) is 0 Å². The molecule has 0 spiro atoms. The summed E-state index contributed by atoms with van der Waals surface area (Å²) in [4.78, 5) is 15.4. The fourth-order valence-corrected chi connectivity index (χ4v) is 2.92. The van der Waals surface area contributed by atoms with Crippen LogP contribution in [0.2, 0.25) is 0 Å². The number of nitro benzene ring substituents is 1. The first-order chi connectivity index (χ1) is 15.0. The van der Waals surface area contributed by atoms with Crippen molar-refractivity contribution in [2.75, 3.05) is 46.9 Å². The highest BCUT2D eigenvalue weighted by atomic mass is 16.6. The summed E-state index contributed by atoms with van der Waals surface area (Å²) in [7, 11) is 6.07. The normalized spacial score (nSPS) is 10.6. The molecule has 1 aromatic heterocycles. The fourth-order valence-electron chi connectivity index (χ4n) is 2.92. The van der Waals surface area contributed by atoms with E-state index in [0.29, 0.717) is 47.2 Å². The number of nitrogens with one attached hydrogen (secondary N) is 1. The van der Waals surface area contributed by atoms with Gasteiger partial charge in [-0.3, -0.25) is 10.1 Å². The molecular formula is C20H22N4O7. The molecule has 0 radical (unpaired) electrons. The third kappa shape index (κ3) is 4.67. The van der Waals surface area contributed by atoms with Gasteiger partial charge in [-0.1, -0.05) is 5.16 Å². The molecular weight excluding hydrogens is 408 g/mol. The Morgan fingerprint density at radius 3 is 2.32 bits per heavy atom. The summed E-state index contributed by atoms with van der Waals surface area (Å²) in [6, 6.07) is 7.99. The first-order valence-corrected chi connectivity index (χ1v) is 9.18. The van der Waals surface area contributed by atoms with Crippen molar-refractivity contribution in [3.8, 4) is 40.1 Å². The lowest BCUT2D eigenvalue weighted by atomic mass is 10.1. The number of rotatable bonds is 10. The molecule has 3 rings (SSSR count). The minimum atomic E-state index is -0.477. The molecule has 3 aromatic rings. The van der Waals surface area contributed by atoms with Crippen LogP contribution in [0.1, 0.15) is 0 Å². The molecule has 11 heteroatoms. The van der Waals surface area contributed by atoms with Crippen molar-refractivity contribution >= 4 is 11.4 Å². The zero-order valence-electron chi connectivity index (χ0n) is 17.5. The van der Waals surface area contributed by atoms with E-state index >= 15 is 0 Å². The predicted octanol–water partition coefficient (Wildman–Crippen LogP) is 3.40. The Morgan fingerprint density at radius 2 is 1.74 bits per heavy atom. The molecule has 164 valence electrons. The summed E-state index contributed by atoms with van der Waals surface area (Å²) in [5.41, 5.74) is 1.24. The Labute approximate surface area is 178 Å². The van der Waals surface area contributed by atoms with E-state index in [1.54, 1.807) is 31.4 Å². The maximum atomic E-state index is 11.5. The molecule has 31 heavy (non-hydrogen) atoms. The van der Waals surface area contributed by atoms with Crippen molar-refractivity contribution in [3.63, 3.8) is 0 Å². The Morgan fingerprint density at radius 1 is 1.03 bits per heavy atom. The van der Waals surface area contributed by atoms with Crippen LogP contribution in [0, 0.1) is 10.1 Å². The van der Waals surface area contributed by atoms with Gasteiger partial charge in [0, 0.05) is 30.8 Å². The highest BCUT2D eigenvalue weighted by Gasteiger charge is 2.20. The number of anilines is 1. The van der Waals surface area contributed by atoms with E-state index in [1.807, 2.05) is 0 Å². The second-order valence-electron chi connectivity index (χ2n) is 6.25. The van der Waals surface area contributed by atoms with E-state index in [0.717, 1.165) is 0 Å². The van der Waals surface area contributed by atoms with Crippen LogP contribution < -0.4 is 19.5 Å². The molecule has 0 bridgehead atoms. The molecule has 11 nitrogen and oxygen atoms in total. The average Bonchev–Trinajstić information content (AvgIpc) is 3.28. The SMILES string of the molecule is COCCNc1ccc(-c2nc(-c3cc(OC)c(OC)c(OC)c3)no2)cc1[N+](=O)[O-]. The zero-order valence-corrected chi connectivity index (χ0v) is 17.5. The summed E-state index contributed by atoms with van der Waals surface area (Å²) < 4.78 is 26.3. The van der Waals surface area contributed by atoms with Gasteiger partial charge in [0.2, 0.25) is 11.6 Å². The minimum Gasteiger partial charge on any atom is -0.493 e. The first-order valence-electron chi connectivity index (χ1n) is 9.18. The third-order valence-corrected chi connectivity index (χ3v) is 4.41. The van der Waals surface area contributed by atoms with Crippen LogP contribution in [-0.2, 0) is 4.74 Å². The van der Waals surface area contributed by atoms with Gasteiger partial charge >= 0.3 is 0 Å². The summed E-state index contributed by atoms with van der Waals surface area (Å²) in [5.74, 6) is 1.70. The van der Waals surface area contributed by atoms with Crippen LogP contribution in [0.3, 0.4) is 0 Å². The van der Waals surface area contributed by atoms with Crippen molar-refractivity contribution in [1.82, 2.24) is 10.1 Å². The number of methoxy groups -OCH3 is 4. The Balaban J connectivity index is 1.95. The van der Waals surface area contributed by atoms with Crippen molar-refractivity contribution < 1.29 is 28.4 Å². The van der Waals surface area contributed by atoms with Crippen LogP contribution in [0.5, 0.6) is 17.2 Å². The van der Waals surface area contributed by atoms with Gasteiger partial charge in [-0.2, -0.15) is 4.98 Å². The second kappa shape index (κ2) is 9.76. The summed E-state index contributed by atoms with van der Waals surface area (Å²) in [6.07, 6.45) is 0. The molecule has 1 heterocycles. The van der Waals surface area contributed by atoms with Crippen LogP contribution in [-0.4, -0.2) is 56.7 Å². The molecule has 0 aliphatic rings. The molecule has 1 N–H and O–H groups in total. The largest absolute Gasteiger partial charge is 0.493 e. The monoisotopic (exact) mass is 430 g/mol. The van der Waals surface area contributed by atoms with Crippen LogP contribution in [0.4, 0.5) is 11.4 Å². The summed E-state index contributed by atoms with van der Waals surface area (Å²) in [5, 5.41) is 18.4. The van der Waals surface area contributed by atoms with Gasteiger partial charge in [0.1, 0.15) is 5.69 Å². The van der Waals surface area contributed by atoms with Crippen LogP contribution in [0.25, 0.3) is 22.8 Å².